The van der Waals surface area contributed by atoms with Gasteiger partial charge < -0.3 is 4.74 Å². The van der Waals surface area contributed by atoms with Crippen LogP contribution in [0, 0.1) is 0 Å². The first-order valence-corrected chi connectivity index (χ1v) is 8.82. The number of aldehydes is 1. The van der Waals surface area contributed by atoms with Gasteiger partial charge in [0.2, 0.25) is 10.0 Å². The Hall–Kier alpha value is -1.31. The number of benzene rings is 1. The Morgan fingerprint density at radius 1 is 1.36 bits per heavy atom. The molecule has 0 aromatic heterocycles. The van der Waals surface area contributed by atoms with Crippen molar-refractivity contribution in [3.05, 3.63) is 27.7 Å². The molecule has 0 atom stereocenters. The lowest BCUT2D eigenvalue weighted by molar-refractivity contribution is -0.110. The molecule has 0 unspecified atom stereocenters. The molecule has 0 heterocycles. The Bertz CT molecular complexity index is 661. The second kappa shape index (κ2) is 8.36. The van der Waals surface area contributed by atoms with Gasteiger partial charge in [0.25, 0.3) is 0 Å². The van der Waals surface area contributed by atoms with Crippen LogP contribution in [0.3, 0.4) is 0 Å². The molecule has 9 heteroatoms. The zero-order valence-electron chi connectivity index (χ0n) is 11.8. The number of rotatable bonds is 8. The number of esters is 1. The van der Waals surface area contributed by atoms with Crippen LogP contribution in [0.5, 0.6) is 0 Å². The number of carbonyl (C=O) groups is 2. The molecule has 0 aliphatic carbocycles. The van der Waals surface area contributed by atoms with Crippen LogP contribution in [0.15, 0.2) is 12.1 Å². The number of anilines is 1. The van der Waals surface area contributed by atoms with E-state index in [4.69, 9.17) is 23.2 Å². The third-order valence-corrected chi connectivity index (χ3v) is 4.67. The van der Waals surface area contributed by atoms with Gasteiger partial charge in [0, 0.05) is 0 Å². The molecule has 22 heavy (non-hydrogen) atoms. The molecule has 0 radical (unpaired) electrons. The number of halogens is 2. The van der Waals surface area contributed by atoms with Gasteiger partial charge in [-0.2, -0.15) is 0 Å². The van der Waals surface area contributed by atoms with E-state index in [0.29, 0.717) is 12.7 Å². The normalized spacial score (nSPS) is 11.0. The van der Waals surface area contributed by atoms with E-state index in [1.54, 1.807) is 0 Å². The zero-order valence-corrected chi connectivity index (χ0v) is 14.1. The van der Waals surface area contributed by atoms with Crippen molar-refractivity contribution in [3.8, 4) is 0 Å². The fourth-order valence-corrected chi connectivity index (χ4v) is 3.46. The minimum Gasteiger partial charge on any atom is -0.454 e. The third kappa shape index (κ3) is 5.15. The monoisotopic (exact) mass is 367 g/mol. The maximum absolute atomic E-state index is 11.9. The molecule has 1 rings (SSSR count). The number of sulfonamides is 1. The first kappa shape index (κ1) is 18.7. The van der Waals surface area contributed by atoms with E-state index in [2.05, 4.69) is 9.46 Å². The molecule has 122 valence electrons. The largest absolute Gasteiger partial charge is 0.454 e. The highest BCUT2D eigenvalue weighted by atomic mass is 35.5. The van der Waals surface area contributed by atoms with Gasteiger partial charge in [0.15, 0.2) is 6.29 Å². The fourth-order valence-electron chi connectivity index (χ4n) is 1.55. The van der Waals surface area contributed by atoms with E-state index >= 15 is 0 Å². The van der Waals surface area contributed by atoms with Crippen LogP contribution in [0.4, 0.5) is 5.69 Å². The lowest BCUT2D eigenvalue weighted by Gasteiger charge is -2.13. The molecule has 0 bridgehead atoms. The number of hydrogen-bond acceptors (Lipinski definition) is 5. The van der Waals surface area contributed by atoms with Gasteiger partial charge in [-0.3, -0.25) is 9.52 Å². The molecule has 1 aromatic carbocycles. The predicted octanol–water partition coefficient (Wildman–Crippen LogP) is 2.89. The standard InChI is InChI=1S/C13H15Cl2NO5S/c1-2-3-8-22(19,20)16-10-5-4-9(14)11(12(10)15)13(18)21-7-6-17/h4-6,16H,2-3,7-8H2,1H3. The van der Waals surface area contributed by atoms with Crippen molar-refractivity contribution in [3.63, 3.8) is 0 Å². The first-order valence-electron chi connectivity index (χ1n) is 6.41. The predicted molar refractivity (Wildman–Crippen MR) is 85.1 cm³/mol. The van der Waals surface area contributed by atoms with E-state index in [-0.39, 0.29) is 27.0 Å². The second-order valence-electron chi connectivity index (χ2n) is 4.32. The van der Waals surface area contributed by atoms with Crippen LogP contribution in [0.1, 0.15) is 30.1 Å². The first-order chi connectivity index (χ1) is 10.3. The third-order valence-electron chi connectivity index (χ3n) is 2.61. The van der Waals surface area contributed by atoms with Crippen LogP contribution in [-0.4, -0.2) is 33.0 Å². The SMILES string of the molecule is CCCCS(=O)(=O)Nc1ccc(Cl)c(C(=O)OCC=O)c1Cl. The van der Waals surface area contributed by atoms with Crippen LogP contribution in [-0.2, 0) is 19.6 Å². The summed E-state index contributed by atoms with van der Waals surface area (Å²) in [5, 5.41) is -0.180. The summed E-state index contributed by atoms with van der Waals surface area (Å²) < 4.78 is 30.7. The van der Waals surface area contributed by atoms with Gasteiger partial charge in [0.1, 0.15) is 6.61 Å². The summed E-state index contributed by atoms with van der Waals surface area (Å²) in [4.78, 5) is 22.0. The topological polar surface area (TPSA) is 89.5 Å². The number of nitrogens with one attached hydrogen (secondary N) is 1. The fraction of sp³-hybridized carbons (Fsp3) is 0.385. The van der Waals surface area contributed by atoms with Crippen molar-refractivity contribution in [2.75, 3.05) is 17.1 Å². The van der Waals surface area contributed by atoms with Crippen molar-refractivity contribution in [1.29, 1.82) is 0 Å². The van der Waals surface area contributed by atoms with Crippen molar-refractivity contribution >= 4 is 51.2 Å². The number of unbranched alkanes of at least 4 members (excludes halogenated alkanes) is 1. The second-order valence-corrected chi connectivity index (χ2v) is 6.95. The van der Waals surface area contributed by atoms with Gasteiger partial charge in [-0.15, -0.1) is 0 Å². The van der Waals surface area contributed by atoms with Crippen molar-refractivity contribution in [2.45, 2.75) is 19.8 Å². The minimum absolute atomic E-state index is 0.00240. The summed E-state index contributed by atoms with van der Waals surface area (Å²) in [6, 6.07) is 2.67. The number of carbonyl (C=O) groups excluding carboxylic acids is 2. The summed E-state index contributed by atoms with van der Waals surface area (Å²) >= 11 is 11.9. The van der Waals surface area contributed by atoms with Crippen molar-refractivity contribution < 1.29 is 22.7 Å². The van der Waals surface area contributed by atoms with Crippen LogP contribution < -0.4 is 4.72 Å². The molecule has 0 fully saturated rings. The molecule has 6 nitrogen and oxygen atoms in total. The van der Waals surface area contributed by atoms with Gasteiger partial charge in [-0.1, -0.05) is 36.5 Å². The average molecular weight is 368 g/mol. The van der Waals surface area contributed by atoms with E-state index in [1.165, 1.54) is 12.1 Å². The smallest absolute Gasteiger partial charge is 0.341 e. The molecular formula is C13H15Cl2NO5S. The van der Waals surface area contributed by atoms with Crippen LogP contribution in [0.25, 0.3) is 0 Å². The highest BCUT2D eigenvalue weighted by molar-refractivity contribution is 7.92. The Labute approximate surface area is 138 Å². The minimum atomic E-state index is -3.58. The molecule has 0 spiro atoms. The Balaban J connectivity index is 3.09. The molecular weight excluding hydrogens is 353 g/mol. The Morgan fingerprint density at radius 2 is 2.05 bits per heavy atom. The van der Waals surface area contributed by atoms with E-state index in [1.807, 2.05) is 6.92 Å². The lowest BCUT2D eigenvalue weighted by Crippen LogP contribution is -2.18. The summed E-state index contributed by atoms with van der Waals surface area (Å²) in [6.45, 7) is 1.42. The van der Waals surface area contributed by atoms with E-state index in [9.17, 15) is 18.0 Å². The van der Waals surface area contributed by atoms with Crippen LogP contribution in [0.2, 0.25) is 10.0 Å². The average Bonchev–Trinajstić information content (AvgIpc) is 2.46. The molecule has 0 amide bonds. The van der Waals surface area contributed by atoms with Gasteiger partial charge in [-0.25, -0.2) is 13.2 Å². The van der Waals surface area contributed by atoms with Crippen molar-refractivity contribution in [2.24, 2.45) is 0 Å². The summed E-state index contributed by atoms with van der Waals surface area (Å²) in [5.74, 6) is -0.968. The Morgan fingerprint density at radius 3 is 2.64 bits per heavy atom. The molecule has 0 saturated heterocycles. The van der Waals surface area contributed by atoms with Crippen molar-refractivity contribution in [1.82, 2.24) is 0 Å². The maximum Gasteiger partial charge on any atom is 0.341 e. The Kier molecular flexibility index (Phi) is 7.12. The van der Waals surface area contributed by atoms with Gasteiger partial charge in [0.05, 0.1) is 27.0 Å². The van der Waals surface area contributed by atoms with Gasteiger partial charge in [-0.05, 0) is 18.6 Å². The number of ether oxygens (including phenoxy) is 1. The summed E-state index contributed by atoms with van der Waals surface area (Å²) in [6.07, 6.45) is 1.62. The number of hydrogen-bond donors (Lipinski definition) is 1. The molecule has 0 saturated carbocycles. The summed E-state index contributed by atoms with van der Waals surface area (Å²) in [7, 11) is -3.58. The molecule has 0 aliphatic heterocycles. The maximum atomic E-state index is 11.9. The highest BCUT2D eigenvalue weighted by Crippen LogP contribution is 2.33. The van der Waals surface area contributed by atoms with Gasteiger partial charge >= 0.3 is 5.97 Å². The van der Waals surface area contributed by atoms with Crippen LogP contribution >= 0.6 is 23.2 Å². The summed E-state index contributed by atoms with van der Waals surface area (Å²) in [5.41, 5.74) is -0.166. The molecule has 0 aliphatic rings. The molecule has 1 N–H and O–H groups in total. The van der Waals surface area contributed by atoms with E-state index in [0.717, 1.165) is 6.42 Å². The lowest BCUT2D eigenvalue weighted by atomic mass is 10.2. The highest BCUT2D eigenvalue weighted by Gasteiger charge is 2.21. The molecule has 1 aromatic rings. The quantitative estimate of drug-likeness (QED) is 0.563. The van der Waals surface area contributed by atoms with E-state index < -0.39 is 22.6 Å². The zero-order chi connectivity index (χ0) is 16.8.